The Hall–Kier alpha value is -1.08. The Kier molecular flexibility index (Phi) is 5.13. The molecule has 0 amide bonds. The fourth-order valence-electron chi connectivity index (χ4n) is 1.10. The monoisotopic (exact) mass is 227 g/mol. The third-order valence-corrected chi connectivity index (χ3v) is 2.81. The van der Waals surface area contributed by atoms with Gasteiger partial charge in [-0.25, -0.2) is 8.78 Å². The van der Waals surface area contributed by atoms with Crippen LogP contribution in [0, 0.1) is 11.3 Å². The van der Waals surface area contributed by atoms with E-state index in [0.717, 1.165) is 10.5 Å². The van der Waals surface area contributed by atoms with Gasteiger partial charge in [0.1, 0.15) is 0 Å². The van der Waals surface area contributed by atoms with Gasteiger partial charge in [0.05, 0.1) is 12.5 Å². The van der Waals surface area contributed by atoms with Crippen LogP contribution in [0.5, 0.6) is 0 Å². The van der Waals surface area contributed by atoms with Crippen LogP contribution in [-0.2, 0) is 6.42 Å². The predicted octanol–water partition coefficient (Wildman–Crippen LogP) is 3.50. The van der Waals surface area contributed by atoms with E-state index in [-0.39, 0.29) is 6.42 Å². The first kappa shape index (κ1) is 12.0. The molecule has 0 spiro atoms. The maximum Gasteiger partial charge on any atom is 0.239 e. The van der Waals surface area contributed by atoms with Crippen molar-refractivity contribution in [1.82, 2.24) is 0 Å². The molecule has 1 rings (SSSR count). The molecule has 1 aromatic carbocycles. The second-order valence-corrected chi connectivity index (χ2v) is 4.18. The van der Waals surface area contributed by atoms with E-state index in [1.54, 1.807) is 0 Å². The molecule has 0 saturated carbocycles. The van der Waals surface area contributed by atoms with Crippen LogP contribution in [0.15, 0.2) is 29.2 Å². The van der Waals surface area contributed by atoms with Gasteiger partial charge >= 0.3 is 0 Å². The number of nitriles is 1. The van der Waals surface area contributed by atoms with Crippen LogP contribution in [-0.4, -0.2) is 12.2 Å². The second kappa shape index (κ2) is 6.41. The van der Waals surface area contributed by atoms with Gasteiger partial charge < -0.3 is 0 Å². The Balaban J connectivity index is 2.47. The number of nitrogens with zero attached hydrogens (tertiary/aromatic N) is 1. The van der Waals surface area contributed by atoms with Crippen molar-refractivity contribution < 1.29 is 8.78 Å². The lowest BCUT2D eigenvalue weighted by molar-refractivity contribution is 0.145. The Labute approximate surface area is 92.1 Å². The van der Waals surface area contributed by atoms with Gasteiger partial charge in [0.2, 0.25) is 6.43 Å². The molecule has 0 aromatic heterocycles. The summed E-state index contributed by atoms with van der Waals surface area (Å²) in [6.07, 6.45) is -1.96. The number of alkyl halides is 2. The van der Waals surface area contributed by atoms with Crippen LogP contribution in [0.4, 0.5) is 8.78 Å². The molecule has 0 aliphatic carbocycles. The van der Waals surface area contributed by atoms with E-state index in [2.05, 4.69) is 6.07 Å². The number of thioether (sulfide) groups is 1. The lowest BCUT2D eigenvalue weighted by Gasteiger charge is -2.02. The van der Waals surface area contributed by atoms with Crippen molar-refractivity contribution in [2.75, 3.05) is 5.75 Å². The Bertz CT molecular complexity index is 347. The molecule has 0 aliphatic heterocycles. The van der Waals surface area contributed by atoms with Crippen molar-refractivity contribution in [3.63, 3.8) is 0 Å². The molecule has 0 unspecified atom stereocenters. The summed E-state index contributed by atoms with van der Waals surface area (Å²) >= 11 is 1.40. The second-order valence-electron chi connectivity index (χ2n) is 3.01. The highest BCUT2D eigenvalue weighted by molar-refractivity contribution is 7.99. The van der Waals surface area contributed by atoms with E-state index < -0.39 is 6.43 Å². The summed E-state index contributed by atoms with van der Waals surface area (Å²) in [5, 5.41) is 8.50. The van der Waals surface area contributed by atoms with E-state index >= 15 is 0 Å². The van der Waals surface area contributed by atoms with Gasteiger partial charge in [0.15, 0.2) is 0 Å². The lowest BCUT2D eigenvalue weighted by atomic mass is 10.2. The molecular weight excluding hydrogens is 216 g/mol. The fourth-order valence-corrected chi connectivity index (χ4v) is 2.04. The minimum atomic E-state index is -2.24. The summed E-state index contributed by atoms with van der Waals surface area (Å²) in [5.41, 5.74) is 0.930. The van der Waals surface area contributed by atoms with Gasteiger partial charge in [0, 0.05) is 17.1 Å². The largest absolute Gasteiger partial charge is 0.239 e. The molecule has 0 atom stereocenters. The molecule has 4 heteroatoms. The predicted molar refractivity (Wildman–Crippen MR) is 57.1 cm³/mol. The van der Waals surface area contributed by atoms with E-state index in [9.17, 15) is 8.78 Å². The average molecular weight is 227 g/mol. The van der Waals surface area contributed by atoms with E-state index in [1.807, 2.05) is 24.3 Å². The molecule has 15 heavy (non-hydrogen) atoms. The topological polar surface area (TPSA) is 23.8 Å². The van der Waals surface area contributed by atoms with Crippen molar-refractivity contribution in [3.8, 4) is 6.07 Å². The van der Waals surface area contributed by atoms with Crippen LogP contribution in [0.1, 0.15) is 12.0 Å². The highest BCUT2D eigenvalue weighted by Gasteiger charge is 2.02. The maximum absolute atomic E-state index is 11.9. The third-order valence-electron chi connectivity index (χ3n) is 1.79. The van der Waals surface area contributed by atoms with Crippen molar-refractivity contribution in [2.45, 2.75) is 24.2 Å². The minimum Gasteiger partial charge on any atom is -0.211 e. The van der Waals surface area contributed by atoms with E-state index in [1.165, 1.54) is 11.8 Å². The zero-order valence-electron chi connectivity index (χ0n) is 8.12. The molecule has 1 nitrogen and oxygen atoms in total. The summed E-state index contributed by atoms with van der Waals surface area (Å²) < 4.78 is 23.8. The van der Waals surface area contributed by atoms with E-state index in [4.69, 9.17) is 5.26 Å². The van der Waals surface area contributed by atoms with Gasteiger partial charge in [-0.2, -0.15) is 5.26 Å². The van der Waals surface area contributed by atoms with Crippen molar-refractivity contribution in [2.24, 2.45) is 0 Å². The quantitative estimate of drug-likeness (QED) is 0.719. The molecule has 0 saturated heterocycles. The van der Waals surface area contributed by atoms with Crippen molar-refractivity contribution >= 4 is 11.8 Å². The highest BCUT2D eigenvalue weighted by Crippen LogP contribution is 2.21. The smallest absolute Gasteiger partial charge is 0.211 e. The number of benzene rings is 1. The highest BCUT2D eigenvalue weighted by atomic mass is 32.2. The van der Waals surface area contributed by atoms with Crippen LogP contribution < -0.4 is 0 Å². The molecule has 0 radical (unpaired) electrons. The normalized spacial score (nSPS) is 10.3. The summed E-state index contributed by atoms with van der Waals surface area (Å²) in [5.74, 6) is 0.410. The van der Waals surface area contributed by atoms with Gasteiger partial charge in [-0.3, -0.25) is 0 Å². The van der Waals surface area contributed by atoms with Gasteiger partial charge in [-0.15, -0.1) is 11.8 Å². The Morgan fingerprint density at radius 1 is 1.40 bits per heavy atom. The van der Waals surface area contributed by atoms with Crippen LogP contribution in [0.2, 0.25) is 0 Å². The zero-order valence-corrected chi connectivity index (χ0v) is 8.94. The van der Waals surface area contributed by atoms with E-state index in [0.29, 0.717) is 12.2 Å². The SMILES string of the molecule is N#CCc1cccc(SCCC(F)F)c1. The lowest BCUT2D eigenvalue weighted by Crippen LogP contribution is -1.92. The Morgan fingerprint density at radius 3 is 2.87 bits per heavy atom. The number of halogens is 2. The van der Waals surface area contributed by atoms with Crippen molar-refractivity contribution in [3.05, 3.63) is 29.8 Å². The van der Waals surface area contributed by atoms with Crippen LogP contribution in [0.3, 0.4) is 0 Å². The first-order valence-corrected chi connectivity index (χ1v) is 5.58. The molecule has 0 heterocycles. The average Bonchev–Trinajstić information content (AvgIpc) is 2.18. The maximum atomic E-state index is 11.9. The van der Waals surface area contributed by atoms with Gasteiger partial charge in [-0.05, 0) is 17.7 Å². The standard InChI is InChI=1S/C11H11F2NS/c12-11(13)5-7-15-10-3-1-2-9(8-10)4-6-14/h1-3,8,11H,4-5,7H2. The first-order chi connectivity index (χ1) is 7.22. The molecule has 0 fully saturated rings. The molecule has 0 aliphatic rings. The molecule has 0 N–H and O–H groups in total. The molecule has 1 aromatic rings. The first-order valence-electron chi connectivity index (χ1n) is 4.59. The number of rotatable bonds is 5. The van der Waals surface area contributed by atoms with Crippen LogP contribution >= 0.6 is 11.8 Å². The number of hydrogen-bond acceptors (Lipinski definition) is 2. The molecule has 80 valence electrons. The minimum absolute atomic E-state index is 0.0901. The summed E-state index contributed by atoms with van der Waals surface area (Å²) in [7, 11) is 0. The summed E-state index contributed by atoms with van der Waals surface area (Å²) in [6.45, 7) is 0. The number of hydrogen-bond donors (Lipinski definition) is 0. The fraction of sp³-hybridized carbons (Fsp3) is 0.364. The molecular formula is C11H11F2NS. The van der Waals surface area contributed by atoms with Gasteiger partial charge in [-0.1, -0.05) is 12.1 Å². The molecule has 0 bridgehead atoms. The Morgan fingerprint density at radius 2 is 2.20 bits per heavy atom. The zero-order chi connectivity index (χ0) is 11.1. The van der Waals surface area contributed by atoms with Crippen LogP contribution in [0.25, 0.3) is 0 Å². The summed E-state index contributed by atoms with van der Waals surface area (Å²) in [6, 6.07) is 9.51. The van der Waals surface area contributed by atoms with Crippen molar-refractivity contribution in [1.29, 1.82) is 5.26 Å². The van der Waals surface area contributed by atoms with Gasteiger partial charge in [0.25, 0.3) is 0 Å². The summed E-state index contributed by atoms with van der Waals surface area (Å²) in [4.78, 5) is 0.948. The third kappa shape index (κ3) is 4.80.